The van der Waals surface area contributed by atoms with Gasteiger partial charge in [0.1, 0.15) is 0 Å². The minimum Gasteiger partial charge on any atom is -0.294 e. The van der Waals surface area contributed by atoms with E-state index in [1.165, 1.54) is 12.2 Å². The molecule has 0 aromatic rings. The number of carbonyl (C=O) groups excluding carboxylic acids is 2. The number of carbonyl (C=O) groups is 2. The van der Waals surface area contributed by atoms with E-state index < -0.39 is 0 Å². The normalized spacial score (nSPS) is 45.8. The standard InChI is InChI=1S/C11H10O2/c12-8-3-4-9(13)11-7-2-1-6(5-7)10(8)11/h1-4,6-7,10-11H,5H2/t6-,7-,10-,11+/m1/s1. The molecule has 0 heterocycles. The molecule has 0 aliphatic heterocycles. The Morgan fingerprint density at radius 1 is 0.923 bits per heavy atom. The molecule has 2 nitrogen and oxygen atoms in total. The van der Waals surface area contributed by atoms with Crippen molar-refractivity contribution in [2.75, 3.05) is 0 Å². The summed E-state index contributed by atoms with van der Waals surface area (Å²) in [6.45, 7) is 0. The molecule has 13 heavy (non-hydrogen) atoms. The minimum atomic E-state index is -0.0208. The molecular weight excluding hydrogens is 164 g/mol. The quantitative estimate of drug-likeness (QED) is 0.516. The van der Waals surface area contributed by atoms with Gasteiger partial charge in [-0.25, -0.2) is 0 Å². The molecule has 0 saturated heterocycles. The van der Waals surface area contributed by atoms with Crippen molar-refractivity contribution in [3.63, 3.8) is 0 Å². The second kappa shape index (κ2) is 2.19. The first kappa shape index (κ1) is 7.25. The summed E-state index contributed by atoms with van der Waals surface area (Å²) in [6, 6.07) is 0. The number of fused-ring (bicyclic) bond motifs is 5. The number of allylic oxidation sites excluding steroid dienone is 4. The molecule has 0 aromatic heterocycles. The fourth-order valence-electron chi connectivity index (χ4n) is 2.98. The van der Waals surface area contributed by atoms with Crippen LogP contribution >= 0.6 is 0 Å². The largest absolute Gasteiger partial charge is 0.294 e. The molecule has 3 rings (SSSR count). The Hall–Kier alpha value is -1.18. The Balaban J connectivity index is 2.09. The molecule has 2 bridgehead atoms. The number of rotatable bonds is 0. The lowest BCUT2D eigenvalue weighted by Crippen LogP contribution is -2.34. The smallest absolute Gasteiger partial charge is 0.160 e. The maximum absolute atomic E-state index is 11.5. The van der Waals surface area contributed by atoms with Crippen molar-refractivity contribution < 1.29 is 9.59 Å². The van der Waals surface area contributed by atoms with Gasteiger partial charge in [0.05, 0.1) is 0 Å². The predicted molar refractivity (Wildman–Crippen MR) is 46.9 cm³/mol. The summed E-state index contributed by atoms with van der Waals surface area (Å²) >= 11 is 0. The van der Waals surface area contributed by atoms with Crippen LogP contribution in [0.15, 0.2) is 24.3 Å². The lowest BCUT2D eigenvalue weighted by molar-refractivity contribution is -0.129. The van der Waals surface area contributed by atoms with Gasteiger partial charge in [-0.3, -0.25) is 9.59 Å². The Labute approximate surface area is 76.3 Å². The average Bonchev–Trinajstić information content (AvgIpc) is 2.70. The van der Waals surface area contributed by atoms with E-state index in [0.717, 1.165) is 6.42 Å². The van der Waals surface area contributed by atoms with E-state index in [0.29, 0.717) is 11.8 Å². The van der Waals surface area contributed by atoms with Gasteiger partial charge in [-0.05, 0) is 30.4 Å². The van der Waals surface area contributed by atoms with Crippen LogP contribution in [0, 0.1) is 23.7 Å². The Bertz CT molecular complexity index is 319. The molecule has 0 radical (unpaired) electrons. The summed E-state index contributed by atoms with van der Waals surface area (Å²) in [6.07, 6.45) is 8.14. The van der Waals surface area contributed by atoms with E-state index in [-0.39, 0.29) is 23.4 Å². The zero-order valence-corrected chi connectivity index (χ0v) is 7.14. The summed E-state index contributed by atoms with van der Waals surface area (Å²) in [5.74, 6) is 0.954. The second-order valence-corrected chi connectivity index (χ2v) is 4.14. The van der Waals surface area contributed by atoms with E-state index in [2.05, 4.69) is 12.2 Å². The zero-order chi connectivity index (χ0) is 9.00. The van der Waals surface area contributed by atoms with Gasteiger partial charge >= 0.3 is 0 Å². The van der Waals surface area contributed by atoms with Crippen LogP contribution in [0.5, 0.6) is 0 Å². The summed E-state index contributed by atoms with van der Waals surface area (Å²) in [5, 5.41) is 0. The van der Waals surface area contributed by atoms with E-state index in [4.69, 9.17) is 0 Å². The summed E-state index contributed by atoms with van der Waals surface area (Å²) < 4.78 is 0. The lowest BCUT2D eigenvalue weighted by Gasteiger charge is -2.26. The monoisotopic (exact) mass is 174 g/mol. The molecule has 0 aromatic carbocycles. The third-order valence-electron chi connectivity index (χ3n) is 3.53. The SMILES string of the molecule is O=C1C=CC(=O)[C@H]2[C@@H]1[C@@H]1C=C[C@@H]2C1. The first-order valence-corrected chi connectivity index (χ1v) is 4.71. The van der Waals surface area contributed by atoms with Gasteiger partial charge in [0.15, 0.2) is 11.6 Å². The minimum absolute atomic E-state index is 0.0208. The van der Waals surface area contributed by atoms with Crippen molar-refractivity contribution in [3.8, 4) is 0 Å². The maximum atomic E-state index is 11.5. The van der Waals surface area contributed by atoms with Crippen LogP contribution in [-0.2, 0) is 9.59 Å². The van der Waals surface area contributed by atoms with Crippen LogP contribution in [0.2, 0.25) is 0 Å². The highest BCUT2D eigenvalue weighted by Gasteiger charge is 2.51. The van der Waals surface area contributed by atoms with Crippen LogP contribution in [-0.4, -0.2) is 11.6 Å². The van der Waals surface area contributed by atoms with Crippen molar-refractivity contribution in [1.82, 2.24) is 0 Å². The van der Waals surface area contributed by atoms with Gasteiger partial charge in [0.25, 0.3) is 0 Å². The van der Waals surface area contributed by atoms with Crippen molar-refractivity contribution in [2.24, 2.45) is 23.7 Å². The Kier molecular flexibility index (Phi) is 1.22. The number of hydrogen-bond acceptors (Lipinski definition) is 2. The van der Waals surface area contributed by atoms with Crippen LogP contribution < -0.4 is 0 Å². The van der Waals surface area contributed by atoms with Crippen molar-refractivity contribution in [3.05, 3.63) is 24.3 Å². The molecule has 0 spiro atoms. The average molecular weight is 174 g/mol. The lowest BCUT2D eigenvalue weighted by atomic mass is 9.75. The highest BCUT2D eigenvalue weighted by Crippen LogP contribution is 2.50. The van der Waals surface area contributed by atoms with Gasteiger partial charge in [0, 0.05) is 11.8 Å². The zero-order valence-electron chi connectivity index (χ0n) is 7.14. The molecule has 3 aliphatic carbocycles. The summed E-state index contributed by atoms with van der Waals surface area (Å²) in [5.41, 5.74) is 0. The van der Waals surface area contributed by atoms with E-state index >= 15 is 0 Å². The van der Waals surface area contributed by atoms with Crippen molar-refractivity contribution >= 4 is 11.6 Å². The molecule has 66 valence electrons. The third kappa shape index (κ3) is 0.781. The van der Waals surface area contributed by atoms with Gasteiger partial charge in [-0.1, -0.05) is 12.2 Å². The fraction of sp³-hybridized carbons (Fsp3) is 0.455. The second-order valence-electron chi connectivity index (χ2n) is 4.14. The van der Waals surface area contributed by atoms with E-state index in [1.807, 2.05) is 0 Å². The van der Waals surface area contributed by atoms with E-state index in [9.17, 15) is 9.59 Å². The molecule has 4 atom stereocenters. The number of hydrogen-bond donors (Lipinski definition) is 0. The first-order valence-electron chi connectivity index (χ1n) is 4.71. The number of ketones is 2. The predicted octanol–water partition coefficient (Wildman–Crippen LogP) is 1.13. The molecule has 0 N–H and O–H groups in total. The van der Waals surface area contributed by atoms with Gasteiger partial charge < -0.3 is 0 Å². The molecule has 0 unspecified atom stereocenters. The van der Waals surface area contributed by atoms with Crippen LogP contribution in [0.1, 0.15) is 6.42 Å². The molecule has 2 heteroatoms. The van der Waals surface area contributed by atoms with Gasteiger partial charge in [-0.2, -0.15) is 0 Å². The third-order valence-corrected chi connectivity index (χ3v) is 3.53. The van der Waals surface area contributed by atoms with Gasteiger partial charge in [0.2, 0.25) is 0 Å². The summed E-state index contributed by atoms with van der Waals surface area (Å²) in [7, 11) is 0. The van der Waals surface area contributed by atoms with Crippen LogP contribution in [0.3, 0.4) is 0 Å². The molecule has 1 saturated carbocycles. The van der Waals surface area contributed by atoms with Crippen molar-refractivity contribution in [2.45, 2.75) is 6.42 Å². The van der Waals surface area contributed by atoms with Crippen LogP contribution in [0.4, 0.5) is 0 Å². The molecule has 3 aliphatic rings. The summed E-state index contributed by atoms with van der Waals surface area (Å²) in [4.78, 5) is 23.1. The van der Waals surface area contributed by atoms with E-state index in [1.54, 1.807) is 0 Å². The molecule has 1 fully saturated rings. The van der Waals surface area contributed by atoms with Crippen LogP contribution in [0.25, 0.3) is 0 Å². The highest BCUT2D eigenvalue weighted by molar-refractivity contribution is 6.08. The topological polar surface area (TPSA) is 34.1 Å². The Morgan fingerprint density at radius 3 is 1.85 bits per heavy atom. The first-order chi connectivity index (χ1) is 6.27. The Morgan fingerprint density at radius 2 is 1.38 bits per heavy atom. The van der Waals surface area contributed by atoms with Crippen molar-refractivity contribution in [1.29, 1.82) is 0 Å². The molecular formula is C11H10O2. The highest BCUT2D eigenvalue weighted by atomic mass is 16.1. The molecule has 0 amide bonds. The fourth-order valence-corrected chi connectivity index (χ4v) is 2.98. The van der Waals surface area contributed by atoms with Gasteiger partial charge in [-0.15, -0.1) is 0 Å². The maximum Gasteiger partial charge on any atom is 0.160 e.